The van der Waals surface area contributed by atoms with Gasteiger partial charge in [0.2, 0.25) is 11.8 Å². The van der Waals surface area contributed by atoms with Gasteiger partial charge in [-0.25, -0.2) is 19.9 Å². The molecule has 6 heteroatoms. The van der Waals surface area contributed by atoms with Crippen LogP contribution in [0.4, 0.5) is 0 Å². The molecule has 0 saturated carbocycles. The van der Waals surface area contributed by atoms with Gasteiger partial charge in [-0.15, -0.1) is 0 Å². The van der Waals surface area contributed by atoms with E-state index in [-0.39, 0.29) is 0 Å². The molecule has 0 radical (unpaired) electrons. The number of hydrogen-bond donors (Lipinski definition) is 0. The SMILES string of the molecule is c1ccc(-c2ccc(-c3ccccc3)c3nc(-c4ccc(-c5ccc(-c6nc7ccccc7o6)cc5)cc4)c(-c4ccc(-c5ccc(-c6nc7ccccc7o6)cc5)cc4)nc23)cc1. The third-order valence-electron chi connectivity index (χ3n) is 11.8. The lowest BCUT2D eigenvalue weighted by Gasteiger charge is -2.16. The summed E-state index contributed by atoms with van der Waals surface area (Å²) in [5.74, 6) is 1.22. The number of benzene rings is 9. The molecule has 0 aliphatic heterocycles. The molecule has 0 aliphatic rings. The Morgan fingerprint density at radius 1 is 0.234 bits per heavy atom. The van der Waals surface area contributed by atoms with E-state index in [1.54, 1.807) is 0 Å². The normalized spacial score (nSPS) is 11.4. The monoisotopic (exact) mass is 820 g/mol. The highest BCUT2D eigenvalue weighted by molar-refractivity contribution is 6.03. The minimum absolute atomic E-state index is 0.609. The summed E-state index contributed by atoms with van der Waals surface area (Å²) < 4.78 is 12.1. The van der Waals surface area contributed by atoms with Gasteiger partial charge in [-0.05, 0) is 81.9 Å². The highest BCUT2D eigenvalue weighted by Gasteiger charge is 2.20. The average molecular weight is 821 g/mol. The summed E-state index contributed by atoms with van der Waals surface area (Å²) >= 11 is 0. The fourth-order valence-electron chi connectivity index (χ4n) is 8.48. The maximum atomic E-state index is 6.04. The van der Waals surface area contributed by atoms with Crippen LogP contribution in [0.5, 0.6) is 0 Å². The summed E-state index contributed by atoms with van der Waals surface area (Å²) in [6.45, 7) is 0. The molecule has 0 bridgehead atoms. The van der Waals surface area contributed by atoms with Crippen molar-refractivity contribution in [2.75, 3.05) is 0 Å². The van der Waals surface area contributed by atoms with Gasteiger partial charge in [0.25, 0.3) is 0 Å². The van der Waals surface area contributed by atoms with Crippen molar-refractivity contribution < 1.29 is 8.83 Å². The van der Waals surface area contributed by atoms with E-state index in [0.717, 1.165) is 111 Å². The fraction of sp³-hybridized carbons (Fsp3) is 0. The second-order valence-corrected chi connectivity index (χ2v) is 15.8. The van der Waals surface area contributed by atoms with E-state index in [1.165, 1.54) is 0 Å². The van der Waals surface area contributed by atoms with Gasteiger partial charge in [0.05, 0.1) is 22.4 Å². The topological polar surface area (TPSA) is 77.8 Å². The Hall–Kier alpha value is -8.74. The first-order chi connectivity index (χ1) is 31.7. The van der Waals surface area contributed by atoms with E-state index in [1.807, 2.05) is 60.7 Å². The van der Waals surface area contributed by atoms with Crippen molar-refractivity contribution in [3.05, 3.63) is 218 Å². The molecule has 6 nitrogen and oxygen atoms in total. The van der Waals surface area contributed by atoms with Crippen LogP contribution in [0.2, 0.25) is 0 Å². The molecular formula is C58H36N4O2. The standard InChI is InChI=1S/C58H36N4O2/c1-3-11-41(12-4-1)47-35-36-48(42-13-5-2-6-14-42)56-55(47)61-53(43-27-19-37(20-28-43)39-23-31-45(32-24-39)57-59-49-15-7-9-17-51(49)63-57)54(62-56)44-29-21-38(22-30-44)40-25-33-46(34-26-40)58-60-50-16-8-10-18-52(50)64-58/h1-36H. The summed E-state index contributed by atoms with van der Waals surface area (Å²) in [6, 6.07) is 74.9. The van der Waals surface area contributed by atoms with Gasteiger partial charge >= 0.3 is 0 Å². The maximum Gasteiger partial charge on any atom is 0.227 e. The number of rotatable bonds is 8. The lowest BCUT2D eigenvalue weighted by molar-refractivity contribution is 0.619. The van der Waals surface area contributed by atoms with Crippen molar-refractivity contribution in [1.82, 2.24) is 19.9 Å². The Kier molecular flexibility index (Phi) is 9.05. The second kappa shape index (κ2) is 15.6. The molecule has 3 aromatic heterocycles. The van der Waals surface area contributed by atoms with Crippen LogP contribution in [-0.4, -0.2) is 19.9 Å². The first-order valence-electron chi connectivity index (χ1n) is 21.3. The van der Waals surface area contributed by atoms with E-state index in [4.69, 9.17) is 18.8 Å². The molecule has 0 aliphatic carbocycles. The van der Waals surface area contributed by atoms with Crippen LogP contribution >= 0.6 is 0 Å². The Morgan fingerprint density at radius 2 is 0.547 bits per heavy atom. The molecule has 0 fully saturated rings. The third kappa shape index (κ3) is 6.80. The van der Waals surface area contributed by atoms with E-state index >= 15 is 0 Å². The van der Waals surface area contributed by atoms with Gasteiger partial charge in [-0.2, -0.15) is 0 Å². The minimum Gasteiger partial charge on any atom is -0.436 e. The number of fused-ring (bicyclic) bond motifs is 3. The molecule has 0 N–H and O–H groups in total. The molecule has 0 amide bonds. The van der Waals surface area contributed by atoms with Gasteiger partial charge in [0, 0.05) is 33.4 Å². The van der Waals surface area contributed by atoms with Crippen molar-refractivity contribution in [1.29, 1.82) is 0 Å². The number of nitrogens with zero attached hydrogens (tertiary/aromatic N) is 4. The lowest BCUT2D eigenvalue weighted by Crippen LogP contribution is -1.99. The van der Waals surface area contributed by atoms with E-state index in [9.17, 15) is 0 Å². The molecule has 64 heavy (non-hydrogen) atoms. The number of aromatic nitrogens is 4. The van der Waals surface area contributed by atoms with Crippen molar-refractivity contribution in [2.24, 2.45) is 0 Å². The Labute approximate surface area is 368 Å². The zero-order valence-corrected chi connectivity index (χ0v) is 34.4. The molecule has 3 heterocycles. The molecule has 300 valence electrons. The van der Waals surface area contributed by atoms with Gasteiger partial charge in [0.1, 0.15) is 11.0 Å². The Morgan fingerprint density at radius 3 is 0.906 bits per heavy atom. The quantitative estimate of drug-likeness (QED) is 0.152. The zero-order valence-electron chi connectivity index (χ0n) is 34.4. The van der Waals surface area contributed by atoms with E-state index in [2.05, 4.69) is 168 Å². The molecule has 0 saturated heterocycles. The second-order valence-electron chi connectivity index (χ2n) is 15.8. The Bertz CT molecular complexity index is 3310. The molecule has 12 aromatic rings. The van der Waals surface area contributed by atoms with Crippen LogP contribution in [0, 0.1) is 0 Å². The predicted octanol–water partition coefficient (Wildman–Crippen LogP) is 15.2. The molecular weight excluding hydrogens is 785 g/mol. The smallest absolute Gasteiger partial charge is 0.227 e. The van der Waals surface area contributed by atoms with Gasteiger partial charge in [0.15, 0.2) is 11.2 Å². The molecule has 9 aromatic carbocycles. The zero-order chi connectivity index (χ0) is 42.4. The van der Waals surface area contributed by atoms with E-state index < -0.39 is 0 Å². The minimum atomic E-state index is 0.609. The third-order valence-corrected chi connectivity index (χ3v) is 11.8. The van der Waals surface area contributed by atoms with Crippen LogP contribution in [0.1, 0.15) is 0 Å². The van der Waals surface area contributed by atoms with Crippen LogP contribution < -0.4 is 0 Å². The van der Waals surface area contributed by atoms with Crippen LogP contribution in [0.3, 0.4) is 0 Å². The molecule has 0 atom stereocenters. The summed E-state index contributed by atoms with van der Waals surface area (Å²) in [5, 5.41) is 0. The van der Waals surface area contributed by atoms with Crippen molar-refractivity contribution in [2.45, 2.75) is 0 Å². The van der Waals surface area contributed by atoms with E-state index in [0.29, 0.717) is 11.8 Å². The summed E-state index contributed by atoms with van der Waals surface area (Å²) in [4.78, 5) is 20.6. The van der Waals surface area contributed by atoms with Crippen molar-refractivity contribution >= 4 is 33.2 Å². The van der Waals surface area contributed by atoms with Gasteiger partial charge in [-0.1, -0.05) is 170 Å². The van der Waals surface area contributed by atoms with Gasteiger partial charge in [-0.3, -0.25) is 0 Å². The van der Waals surface area contributed by atoms with Gasteiger partial charge < -0.3 is 8.83 Å². The van der Waals surface area contributed by atoms with Crippen LogP contribution in [0.25, 0.3) is 123 Å². The highest BCUT2D eigenvalue weighted by Crippen LogP contribution is 2.40. The number of para-hydroxylation sites is 4. The predicted molar refractivity (Wildman–Crippen MR) is 258 cm³/mol. The summed E-state index contributed by atoms with van der Waals surface area (Å²) in [5.41, 5.74) is 19.0. The molecule has 0 unspecified atom stereocenters. The largest absolute Gasteiger partial charge is 0.436 e. The summed E-state index contributed by atoms with van der Waals surface area (Å²) in [7, 11) is 0. The fourth-order valence-corrected chi connectivity index (χ4v) is 8.48. The number of oxazole rings is 2. The first-order valence-corrected chi connectivity index (χ1v) is 21.3. The number of hydrogen-bond acceptors (Lipinski definition) is 6. The van der Waals surface area contributed by atoms with Crippen molar-refractivity contribution in [3.8, 4) is 89.9 Å². The lowest BCUT2D eigenvalue weighted by atomic mass is 9.95. The summed E-state index contributed by atoms with van der Waals surface area (Å²) in [6.07, 6.45) is 0. The van der Waals surface area contributed by atoms with Crippen molar-refractivity contribution in [3.63, 3.8) is 0 Å². The Balaban J connectivity index is 0.948. The maximum absolute atomic E-state index is 6.04. The highest BCUT2D eigenvalue weighted by atomic mass is 16.4. The molecule has 12 rings (SSSR count). The first kappa shape index (κ1) is 37.1. The van der Waals surface area contributed by atoms with Crippen LogP contribution in [-0.2, 0) is 0 Å². The molecule has 0 spiro atoms. The van der Waals surface area contributed by atoms with Crippen LogP contribution in [0.15, 0.2) is 227 Å². The average Bonchev–Trinajstić information content (AvgIpc) is 4.02.